The first-order valence-corrected chi connectivity index (χ1v) is 7.20. The highest BCUT2D eigenvalue weighted by molar-refractivity contribution is 6.33. The number of hydrogen-bond acceptors (Lipinski definition) is 2. The summed E-state index contributed by atoms with van der Waals surface area (Å²) in [7, 11) is 0. The lowest BCUT2D eigenvalue weighted by molar-refractivity contribution is -0.138. The Labute approximate surface area is 147 Å². The Morgan fingerprint density at radius 1 is 1.00 bits per heavy atom. The van der Waals surface area contributed by atoms with Crippen molar-refractivity contribution < 1.29 is 31.1 Å². The summed E-state index contributed by atoms with van der Waals surface area (Å²) >= 11 is 5.71. The van der Waals surface area contributed by atoms with Gasteiger partial charge in [-0.25, -0.2) is 0 Å². The molecule has 1 aromatic carbocycles. The molecule has 0 saturated heterocycles. The van der Waals surface area contributed by atoms with E-state index in [1.165, 1.54) is 0 Å². The van der Waals surface area contributed by atoms with E-state index in [0.717, 1.165) is 6.07 Å². The number of carbonyl (C=O) groups excluding carboxylic acids is 1. The van der Waals surface area contributed by atoms with Crippen LogP contribution in [0.4, 0.5) is 32.0 Å². The van der Waals surface area contributed by atoms with Crippen molar-refractivity contribution in [3.63, 3.8) is 0 Å². The highest BCUT2D eigenvalue weighted by Crippen LogP contribution is 2.33. The summed E-state index contributed by atoms with van der Waals surface area (Å²) in [5, 5.41) is 1.84. The second-order valence-corrected chi connectivity index (χ2v) is 5.53. The lowest BCUT2D eigenvalue weighted by Gasteiger charge is -2.13. The van der Waals surface area contributed by atoms with Crippen LogP contribution < -0.4 is 10.9 Å². The summed E-state index contributed by atoms with van der Waals surface area (Å²) in [5.41, 5.74) is -3.50. The first-order valence-electron chi connectivity index (χ1n) is 6.82. The molecule has 140 valence electrons. The molecular formula is C15H9ClF6N2O2. The van der Waals surface area contributed by atoms with E-state index in [4.69, 9.17) is 11.6 Å². The van der Waals surface area contributed by atoms with Crippen LogP contribution in [0.1, 0.15) is 11.1 Å². The van der Waals surface area contributed by atoms with E-state index in [2.05, 4.69) is 0 Å². The molecule has 1 heterocycles. The zero-order chi connectivity index (χ0) is 19.7. The molecule has 0 aliphatic rings. The maximum Gasteiger partial charge on any atom is 0.417 e. The van der Waals surface area contributed by atoms with Gasteiger partial charge < -0.3 is 9.88 Å². The van der Waals surface area contributed by atoms with Gasteiger partial charge in [0, 0.05) is 12.3 Å². The molecule has 0 fully saturated rings. The highest BCUT2D eigenvalue weighted by atomic mass is 35.5. The van der Waals surface area contributed by atoms with Crippen molar-refractivity contribution >= 4 is 23.2 Å². The highest BCUT2D eigenvalue weighted by Gasteiger charge is 2.32. The smallest absolute Gasteiger partial charge is 0.323 e. The van der Waals surface area contributed by atoms with Gasteiger partial charge in [0.1, 0.15) is 6.54 Å². The fourth-order valence-corrected chi connectivity index (χ4v) is 2.13. The summed E-state index contributed by atoms with van der Waals surface area (Å²) < 4.78 is 76.5. The maximum atomic E-state index is 12.7. The number of hydrogen-bond donors (Lipinski definition) is 1. The van der Waals surface area contributed by atoms with E-state index in [0.29, 0.717) is 35.0 Å². The summed E-state index contributed by atoms with van der Waals surface area (Å²) in [5.74, 6) is -1.02. The van der Waals surface area contributed by atoms with Gasteiger partial charge in [0.05, 0.1) is 21.8 Å². The van der Waals surface area contributed by atoms with Crippen LogP contribution in [0.3, 0.4) is 0 Å². The monoisotopic (exact) mass is 398 g/mol. The number of rotatable bonds is 3. The number of nitrogens with zero attached hydrogens (tertiary/aromatic N) is 1. The second-order valence-electron chi connectivity index (χ2n) is 5.12. The Morgan fingerprint density at radius 2 is 1.58 bits per heavy atom. The number of anilines is 1. The summed E-state index contributed by atoms with van der Waals surface area (Å²) in [6.07, 6.45) is -8.96. The molecule has 1 N–H and O–H groups in total. The maximum absolute atomic E-state index is 12.7. The lowest BCUT2D eigenvalue weighted by Crippen LogP contribution is -2.28. The van der Waals surface area contributed by atoms with Crippen LogP contribution in [0.5, 0.6) is 0 Å². The van der Waals surface area contributed by atoms with Crippen molar-refractivity contribution in [2.24, 2.45) is 0 Å². The van der Waals surface area contributed by atoms with Crippen molar-refractivity contribution in [1.29, 1.82) is 0 Å². The van der Waals surface area contributed by atoms with E-state index >= 15 is 0 Å². The van der Waals surface area contributed by atoms with Crippen LogP contribution in [-0.4, -0.2) is 10.5 Å². The van der Waals surface area contributed by atoms with Gasteiger partial charge in [0.15, 0.2) is 0 Å². The number of carbonyl (C=O) groups is 1. The fraction of sp³-hybridized carbons (Fsp3) is 0.200. The minimum atomic E-state index is -4.73. The first kappa shape index (κ1) is 19.8. The van der Waals surface area contributed by atoms with Crippen molar-refractivity contribution in [1.82, 2.24) is 4.57 Å². The van der Waals surface area contributed by atoms with Crippen molar-refractivity contribution in [3.05, 3.63) is 63.0 Å². The molecule has 0 aliphatic heterocycles. The number of halogens is 7. The number of nitrogens with one attached hydrogen (secondary N) is 1. The lowest BCUT2D eigenvalue weighted by atomic mass is 10.2. The molecule has 0 atom stereocenters. The van der Waals surface area contributed by atoms with Gasteiger partial charge in [-0.05, 0) is 24.3 Å². The molecule has 2 rings (SSSR count). The topological polar surface area (TPSA) is 51.1 Å². The van der Waals surface area contributed by atoms with E-state index in [1.54, 1.807) is 0 Å². The minimum Gasteiger partial charge on any atom is -0.323 e. The van der Waals surface area contributed by atoms with Gasteiger partial charge in [-0.3, -0.25) is 9.59 Å². The average Bonchev–Trinajstić information content (AvgIpc) is 2.49. The molecule has 4 nitrogen and oxygen atoms in total. The minimum absolute atomic E-state index is 0.206. The molecule has 1 aromatic heterocycles. The third-order valence-corrected chi connectivity index (χ3v) is 3.52. The van der Waals surface area contributed by atoms with E-state index < -0.39 is 41.5 Å². The van der Waals surface area contributed by atoms with E-state index in [9.17, 15) is 35.9 Å². The van der Waals surface area contributed by atoms with Crippen molar-refractivity contribution in [2.75, 3.05) is 5.32 Å². The predicted molar refractivity (Wildman–Crippen MR) is 80.8 cm³/mol. The quantitative estimate of drug-likeness (QED) is 0.789. The molecule has 0 radical (unpaired) electrons. The molecule has 11 heteroatoms. The van der Waals surface area contributed by atoms with Gasteiger partial charge in [-0.15, -0.1) is 0 Å². The van der Waals surface area contributed by atoms with E-state index in [-0.39, 0.29) is 10.7 Å². The number of benzene rings is 1. The molecule has 26 heavy (non-hydrogen) atoms. The third-order valence-electron chi connectivity index (χ3n) is 3.19. The molecular weight excluding hydrogens is 390 g/mol. The van der Waals surface area contributed by atoms with Crippen LogP contribution in [0.2, 0.25) is 5.02 Å². The van der Waals surface area contributed by atoms with Gasteiger partial charge in [-0.1, -0.05) is 11.6 Å². The second kappa shape index (κ2) is 7.02. The van der Waals surface area contributed by atoms with Crippen LogP contribution in [0.25, 0.3) is 0 Å². The Bertz CT molecular complexity index is 889. The largest absolute Gasteiger partial charge is 0.417 e. The molecule has 0 aliphatic carbocycles. The predicted octanol–water partition coefficient (Wildman–Crippen LogP) is 4.18. The average molecular weight is 399 g/mol. The SMILES string of the molecule is O=C(Cn1cc(C(F)(F)F)ccc1=O)Nc1cc(C(F)(F)F)ccc1Cl. The van der Waals surface area contributed by atoms with Gasteiger partial charge in [0.25, 0.3) is 5.56 Å². The first-order chi connectivity index (χ1) is 11.9. The Kier molecular flexibility index (Phi) is 5.36. The van der Waals surface area contributed by atoms with Crippen molar-refractivity contribution in [3.8, 4) is 0 Å². The Morgan fingerprint density at radius 3 is 2.15 bits per heavy atom. The fourth-order valence-electron chi connectivity index (χ4n) is 1.96. The Balaban J connectivity index is 2.24. The number of aromatic nitrogens is 1. The molecule has 0 unspecified atom stereocenters. The molecule has 0 saturated carbocycles. The molecule has 1 amide bonds. The number of alkyl halides is 6. The van der Waals surface area contributed by atoms with Gasteiger partial charge in [0.2, 0.25) is 5.91 Å². The summed E-state index contributed by atoms with van der Waals surface area (Å²) in [4.78, 5) is 23.5. The number of pyridine rings is 1. The van der Waals surface area contributed by atoms with Crippen LogP contribution in [0, 0.1) is 0 Å². The van der Waals surface area contributed by atoms with Crippen molar-refractivity contribution in [2.45, 2.75) is 18.9 Å². The van der Waals surface area contributed by atoms with Crippen LogP contribution >= 0.6 is 11.6 Å². The number of amides is 1. The zero-order valence-electron chi connectivity index (χ0n) is 12.6. The van der Waals surface area contributed by atoms with Crippen LogP contribution in [0.15, 0.2) is 41.3 Å². The third kappa shape index (κ3) is 4.78. The van der Waals surface area contributed by atoms with Gasteiger partial charge >= 0.3 is 12.4 Å². The molecule has 2 aromatic rings. The van der Waals surface area contributed by atoms with E-state index in [1.807, 2.05) is 5.32 Å². The normalized spacial score (nSPS) is 12.1. The summed E-state index contributed by atoms with van der Waals surface area (Å²) in [6, 6.07) is 3.38. The molecule has 0 bridgehead atoms. The van der Waals surface area contributed by atoms with Gasteiger partial charge in [-0.2, -0.15) is 26.3 Å². The standard InChI is InChI=1S/C15H9ClF6N2O2/c16-10-3-1-8(14(17,18)19)5-11(10)23-12(25)7-24-6-9(15(20,21)22)2-4-13(24)26/h1-6H,7H2,(H,23,25). The zero-order valence-corrected chi connectivity index (χ0v) is 13.3. The Hall–Kier alpha value is -2.49. The molecule has 0 spiro atoms. The summed E-state index contributed by atoms with van der Waals surface area (Å²) in [6.45, 7) is -0.838. The van der Waals surface area contributed by atoms with Crippen LogP contribution in [-0.2, 0) is 23.7 Å².